The lowest BCUT2D eigenvalue weighted by Gasteiger charge is -2.03. The molecule has 0 spiro atoms. The van der Waals surface area contributed by atoms with Crippen LogP contribution in [0.3, 0.4) is 0 Å². The van der Waals surface area contributed by atoms with E-state index in [9.17, 15) is 4.39 Å². The molecule has 2 aromatic rings. The molecule has 1 aromatic heterocycles. The Morgan fingerprint density at radius 1 is 1.40 bits per heavy atom. The standard InChI is InChI=1S/C10H6BrFN2S/c11-7-3-1-2-6(4-7)9-8(12)10(15)14-5-13-9/h1-5H,(H,13,14,15). The van der Waals surface area contributed by atoms with E-state index in [-0.39, 0.29) is 4.64 Å². The smallest absolute Gasteiger partial charge is 0.183 e. The van der Waals surface area contributed by atoms with Crippen LogP contribution in [0.25, 0.3) is 11.3 Å². The van der Waals surface area contributed by atoms with Gasteiger partial charge in [0, 0.05) is 10.0 Å². The summed E-state index contributed by atoms with van der Waals surface area (Å²) in [6.07, 6.45) is 1.39. The van der Waals surface area contributed by atoms with Crippen LogP contribution in [0.2, 0.25) is 0 Å². The predicted molar refractivity (Wildman–Crippen MR) is 62.5 cm³/mol. The van der Waals surface area contributed by atoms with Crippen molar-refractivity contribution in [3.8, 4) is 11.3 Å². The molecule has 0 bridgehead atoms. The number of nitrogens with zero attached hydrogens (tertiary/aromatic N) is 1. The van der Waals surface area contributed by atoms with Gasteiger partial charge in [0.2, 0.25) is 0 Å². The minimum absolute atomic E-state index is 0.0243. The Morgan fingerprint density at radius 2 is 2.20 bits per heavy atom. The highest BCUT2D eigenvalue weighted by Crippen LogP contribution is 2.23. The Bertz CT molecular complexity index is 553. The molecular weight excluding hydrogens is 279 g/mol. The SMILES string of the molecule is Fc1c(-c2cccc(Br)c2)[nH]cnc1=S. The van der Waals surface area contributed by atoms with E-state index in [2.05, 4.69) is 25.9 Å². The van der Waals surface area contributed by atoms with Gasteiger partial charge in [-0.15, -0.1) is 0 Å². The van der Waals surface area contributed by atoms with Crippen molar-refractivity contribution in [2.24, 2.45) is 0 Å². The molecule has 0 aliphatic heterocycles. The molecular formula is C10H6BrFN2S. The van der Waals surface area contributed by atoms with E-state index in [1.165, 1.54) is 6.33 Å². The Labute approximate surface area is 99.3 Å². The van der Waals surface area contributed by atoms with Gasteiger partial charge in [0.15, 0.2) is 10.5 Å². The van der Waals surface area contributed by atoms with E-state index in [0.717, 1.165) is 10.0 Å². The van der Waals surface area contributed by atoms with Gasteiger partial charge in [-0.05, 0) is 12.1 Å². The molecule has 0 saturated carbocycles. The zero-order chi connectivity index (χ0) is 10.8. The summed E-state index contributed by atoms with van der Waals surface area (Å²) < 4.78 is 14.5. The van der Waals surface area contributed by atoms with Crippen molar-refractivity contribution in [3.05, 3.63) is 45.5 Å². The van der Waals surface area contributed by atoms with E-state index >= 15 is 0 Å². The summed E-state index contributed by atoms with van der Waals surface area (Å²) in [6.45, 7) is 0. The summed E-state index contributed by atoms with van der Waals surface area (Å²) in [5.74, 6) is -0.495. The Balaban J connectivity index is 2.64. The van der Waals surface area contributed by atoms with Crippen LogP contribution in [0.15, 0.2) is 35.1 Å². The zero-order valence-corrected chi connectivity index (χ0v) is 9.90. The summed E-state index contributed by atoms with van der Waals surface area (Å²) in [5.41, 5.74) is 1.09. The molecule has 0 aliphatic carbocycles. The number of benzene rings is 1. The fourth-order valence-electron chi connectivity index (χ4n) is 1.24. The maximum absolute atomic E-state index is 13.6. The number of aromatic nitrogens is 2. The monoisotopic (exact) mass is 284 g/mol. The Hall–Kier alpha value is -1.07. The maximum Gasteiger partial charge on any atom is 0.183 e. The summed E-state index contributed by atoms with van der Waals surface area (Å²) >= 11 is 8.08. The highest BCUT2D eigenvalue weighted by atomic mass is 79.9. The molecule has 1 aromatic carbocycles. The highest BCUT2D eigenvalue weighted by molar-refractivity contribution is 9.10. The number of hydrogen-bond donors (Lipinski definition) is 1. The fraction of sp³-hybridized carbons (Fsp3) is 0. The Kier molecular flexibility index (Phi) is 2.93. The first-order valence-electron chi connectivity index (χ1n) is 4.17. The van der Waals surface area contributed by atoms with E-state index in [1.54, 1.807) is 6.07 Å². The molecule has 0 saturated heterocycles. The van der Waals surface area contributed by atoms with Gasteiger partial charge < -0.3 is 4.98 Å². The third-order valence-electron chi connectivity index (χ3n) is 1.91. The second kappa shape index (κ2) is 4.20. The van der Waals surface area contributed by atoms with Crippen molar-refractivity contribution in [1.29, 1.82) is 0 Å². The minimum Gasteiger partial charge on any atom is -0.343 e. The molecule has 2 rings (SSSR count). The molecule has 2 nitrogen and oxygen atoms in total. The maximum atomic E-state index is 13.6. The number of aromatic amines is 1. The molecule has 0 radical (unpaired) electrons. The van der Waals surface area contributed by atoms with Crippen LogP contribution in [-0.2, 0) is 0 Å². The van der Waals surface area contributed by atoms with Gasteiger partial charge in [-0.3, -0.25) is 0 Å². The van der Waals surface area contributed by atoms with E-state index < -0.39 is 5.82 Å². The molecule has 15 heavy (non-hydrogen) atoms. The van der Waals surface area contributed by atoms with Gasteiger partial charge in [-0.25, -0.2) is 9.37 Å². The van der Waals surface area contributed by atoms with Crippen LogP contribution in [0.1, 0.15) is 0 Å². The lowest BCUT2D eigenvalue weighted by Crippen LogP contribution is -1.92. The zero-order valence-electron chi connectivity index (χ0n) is 7.50. The van der Waals surface area contributed by atoms with Crippen LogP contribution in [0, 0.1) is 10.5 Å². The number of rotatable bonds is 1. The third-order valence-corrected chi connectivity index (χ3v) is 2.69. The Morgan fingerprint density at radius 3 is 2.93 bits per heavy atom. The van der Waals surface area contributed by atoms with Gasteiger partial charge >= 0.3 is 0 Å². The van der Waals surface area contributed by atoms with Gasteiger partial charge in [0.25, 0.3) is 0 Å². The van der Waals surface area contributed by atoms with Crippen LogP contribution >= 0.6 is 28.1 Å². The second-order valence-corrected chi connectivity index (χ2v) is 4.21. The first-order chi connectivity index (χ1) is 7.18. The number of nitrogens with one attached hydrogen (secondary N) is 1. The quantitative estimate of drug-likeness (QED) is 0.809. The molecule has 1 N–H and O–H groups in total. The number of halogens is 2. The van der Waals surface area contributed by atoms with Gasteiger partial charge in [0.1, 0.15) is 0 Å². The molecule has 0 unspecified atom stereocenters. The largest absolute Gasteiger partial charge is 0.343 e. The summed E-state index contributed by atoms with van der Waals surface area (Å²) in [6, 6.07) is 7.31. The normalized spacial score (nSPS) is 10.3. The number of H-pyrrole nitrogens is 1. The van der Waals surface area contributed by atoms with Crippen molar-refractivity contribution < 1.29 is 4.39 Å². The van der Waals surface area contributed by atoms with Crippen molar-refractivity contribution >= 4 is 28.1 Å². The average molecular weight is 285 g/mol. The van der Waals surface area contributed by atoms with E-state index in [0.29, 0.717) is 5.69 Å². The number of hydrogen-bond acceptors (Lipinski definition) is 2. The van der Waals surface area contributed by atoms with Crippen LogP contribution in [0.5, 0.6) is 0 Å². The summed E-state index contributed by atoms with van der Waals surface area (Å²) in [7, 11) is 0. The average Bonchev–Trinajstić information content (AvgIpc) is 2.22. The predicted octanol–water partition coefficient (Wildman–Crippen LogP) is 3.71. The van der Waals surface area contributed by atoms with Crippen LogP contribution in [-0.4, -0.2) is 9.97 Å². The van der Waals surface area contributed by atoms with Gasteiger partial charge in [0.05, 0.1) is 12.0 Å². The minimum atomic E-state index is -0.495. The van der Waals surface area contributed by atoms with Gasteiger partial charge in [-0.2, -0.15) is 0 Å². The molecule has 1 heterocycles. The highest BCUT2D eigenvalue weighted by Gasteiger charge is 2.07. The molecule has 0 atom stereocenters. The van der Waals surface area contributed by atoms with Crippen molar-refractivity contribution in [2.45, 2.75) is 0 Å². The molecule has 0 amide bonds. The van der Waals surface area contributed by atoms with E-state index in [1.807, 2.05) is 18.2 Å². The summed E-state index contributed by atoms with van der Waals surface area (Å²) in [5, 5.41) is 0. The molecule has 0 fully saturated rings. The molecule has 76 valence electrons. The van der Waals surface area contributed by atoms with Crippen LogP contribution < -0.4 is 0 Å². The topological polar surface area (TPSA) is 28.7 Å². The second-order valence-electron chi connectivity index (χ2n) is 2.91. The summed E-state index contributed by atoms with van der Waals surface area (Å²) in [4.78, 5) is 6.41. The molecule has 0 aliphatic rings. The van der Waals surface area contributed by atoms with Gasteiger partial charge in [-0.1, -0.05) is 40.3 Å². The van der Waals surface area contributed by atoms with Crippen molar-refractivity contribution in [2.75, 3.05) is 0 Å². The molecule has 5 heteroatoms. The van der Waals surface area contributed by atoms with E-state index in [4.69, 9.17) is 12.2 Å². The first kappa shape index (κ1) is 10.4. The first-order valence-corrected chi connectivity index (χ1v) is 5.38. The van der Waals surface area contributed by atoms with Crippen molar-refractivity contribution in [3.63, 3.8) is 0 Å². The third kappa shape index (κ3) is 2.13. The lowest BCUT2D eigenvalue weighted by molar-refractivity contribution is 0.613. The van der Waals surface area contributed by atoms with Crippen LogP contribution in [0.4, 0.5) is 4.39 Å². The lowest BCUT2D eigenvalue weighted by atomic mass is 10.1. The van der Waals surface area contributed by atoms with Crippen molar-refractivity contribution in [1.82, 2.24) is 9.97 Å². The fourth-order valence-corrected chi connectivity index (χ4v) is 1.79.